The number of hydrogen-bond acceptors (Lipinski definition) is 3. The van der Waals surface area contributed by atoms with E-state index >= 15 is 0 Å². The minimum Gasteiger partial charge on any atom is -0.543 e. The van der Waals surface area contributed by atoms with Gasteiger partial charge in [0, 0.05) is 5.39 Å². The van der Waals surface area contributed by atoms with Crippen LogP contribution in [0.1, 0.15) is 26.3 Å². The molecule has 0 saturated carbocycles. The van der Waals surface area contributed by atoms with E-state index in [4.69, 9.17) is 8.84 Å². The lowest BCUT2D eigenvalue weighted by Gasteiger charge is -2.37. The third kappa shape index (κ3) is 2.65. The van der Waals surface area contributed by atoms with Crippen LogP contribution in [-0.4, -0.2) is 8.32 Å². The largest absolute Gasteiger partial charge is 0.543 e. The van der Waals surface area contributed by atoms with Gasteiger partial charge in [0.15, 0.2) is 0 Å². The van der Waals surface area contributed by atoms with Crippen molar-refractivity contribution in [1.29, 1.82) is 0 Å². The minimum atomic E-state index is -2.02. The van der Waals surface area contributed by atoms with E-state index in [1.165, 1.54) is 0 Å². The number of aryl methyl sites for hydroxylation is 1. The van der Waals surface area contributed by atoms with Crippen LogP contribution >= 0.6 is 0 Å². The summed E-state index contributed by atoms with van der Waals surface area (Å²) >= 11 is 0. The molecule has 2 aromatic carbocycles. The highest BCUT2D eigenvalue weighted by Crippen LogP contribution is 2.41. The summed E-state index contributed by atoms with van der Waals surface area (Å²) in [6.45, 7) is 13.2. The van der Waals surface area contributed by atoms with Gasteiger partial charge in [0.2, 0.25) is 0 Å². The molecule has 1 heterocycles. The molecular formula is C20H24O3Si. The van der Waals surface area contributed by atoms with Gasteiger partial charge in [0.25, 0.3) is 8.32 Å². The van der Waals surface area contributed by atoms with Crippen LogP contribution in [0.5, 0.6) is 5.75 Å². The fourth-order valence-electron chi connectivity index (χ4n) is 2.58. The molecule has 126 valence electrons. The number of fused-ring (bicyclic) bond motifs is 3. The first-order valence-electron chi connectivity index (χ1n) is 8.26. The molecule has 0 unspecified atom stereocenters. The van der Waals surface area contributed by atoms with Crippen LogP contribution in [0.2, 0.25) is 18.1 Å². The predicted molar refractivity (Wildman–Crippen MR) is 103 cm³/mol. The van der Waals surface area contributed by atoms with Crippen LogP contribution in [0.3, 0.4) is 0 Å². The maximum atomic E-state index is 12.2. The molecule has 0 radical (unpaired) electrons. The lowest BCUT2D eigenvalue weighted by Crippen LogP contribution is -2.44. The van der Waals surface area contributed by atoms with E-state index < -0.39 is 8.32 Å². The van der Waals surface area contributed by atoms with Crippen molar-refractivity contribution in [3.05, 3.63) is 52.4 Å². The minimum absolute atomic E-state index is 0.0903. The quantitative estimate of drug-likeness (QED) is 0.344. The SMILES string of the molecule is Cc1ccc2oc(=O)c3ccccc3c2c1O[Si](C)(C)C(C)(C)C. The highest BCUT2D eigenvalue weighted by Gasteiger charge is 2.39. The van der Waals surface area contributed by atoms with Crippen molar-refractivity contribution in [2.24, 2.45) is 0 Å². The molecule has 0 saturated heterocycles. The fourth-order valence-corrected chi connectivity index (χ4v) is 3.66. The van der Waals surface area contributed by atoms with Gasteiger partial charge in [-0.1, -0.05) is 45.0 Å². The van der Waals surface area contributed by atoms with E-state index in [0.29, 0.717) is 11.0 Å². The summed E-state index contributed by atoms with van der Waals surface area (Å²) in [5.74, 6) is 0.846. The van der Waals surface area contributed by atoms with E-state index in [2.05, 4.69) is 33.9 Å². The first kappa shape index (κ1) is 16.8. The molecule has 0 aliphatic carbocycles. The highest BCUT2D eigenvalue weighted by atomic mass is 28.4. The number of rotatable bonds is 2. The Kier molecular flexibility index (Phi) is 3.83. The van der Waals surface area contributed by atoms with Crippen molar-refractivity contribution in [1.82, 2.24) is 0 Å². The zero-order chi connectivity index (χ0) is 17.7. The molecule has 0 aliphatic heterocycles. The van der Waals surface area contributed by atoms with Gasteiger partial charge in [0.05, 0.1) is 10.8 Å². The second kappa shape index (κ2) is 5.48. The van der Waals surface area contributed by atoms with E-state index in [9.17, 15) is 4.79 Å². The number of benzene rings is 2. The summed E-state index contributed by atoms with van der Waals surface area (Å²) in [4.78, 5) is 12.2. The van der Waals surface area contributed by atoms with Crippen LogP contribution < -0.4 is 10.1 Å². The van der Waals surface area contributed by atoms with Gasteiger partial charge in [-0.2, -0.15) is 0 Å². The summed E-state index contributed by atoms with van der Waals surface area (Å²) < 4.78 is 12.2. The van der Waals surface area contributed by atoms with Crippen LogP contribution in [-0.2, 0) is 0 Å². The van der Waals surface area contributed by atoms with Gasteiger partial charge in [-0.25, -0.2) is 4.79 Å². The monoisotopic (exact) mass is 340 g/mol. The Morgan fingerprint density at radius 1 is 1.00 bits per heavy atom. The maximum absolute atomic E-state index is 12.2. The molecule has 0 atom stereocenters. The smallest absolute Gasteiger partial charge is 0.344 e. The molecule has 0 bridgehead atoms. The molecular weight excluding hydrogens is 316 g/mol. The average Bonchev–Trinajstić information content (AvgIpc) is 2.49. The first-order valence-corrected chi connectivity index (χ1v) is 11.2. The molecule has 3 rings (SSSR count). The molecule has 0 fully saturated rings. The highest BCUT2D eigenvalue weighted by molar-refractivity contribution is 6.74. The Balaban J connectivity index is 2.38. The summed E-state index contributed by atoms with van der Waals surface area (Å²) in [5.41, 5.74) is 1.34. The van der Waals surface area contributed by atoms with E-state index in [1.54, 1.807) is 6.07 Å². The molecule has 24 heavy (non-hydrogen) atoms. The Hall–Kier alpha value is -2.07. The van der Waals surface area contributed by atoms with Gasteiger partial charge in [-0.3, -0.25) is 0 Å². The molecule has 0 aliphatic rings. The van der Waals surface area contributed by atoms with Crippen LogP contribution in [0, 0.1) is 6.92 Å². The maximum Gasteiger partial charge on any atom is 0.344 e. The van der Waals surface area contributed by atoms with Crippen molar-refractivity contribution >= 4 is 30.1 Å². The summed E-state index contributed by atoms with van der Waals surface area (Å²) in [6.07, 6.45) is 0. The summed E-state index contributed by atoms with van der Waals surface area (Å²) in [7, 11) is -2.02. The van der Waals surface area contributed by atoms with Crippen molar-refractivity contribution < 1.29 is 8.84 Å². The van der Waals surface area contributed by atoms with Gasteiger partial charge in [-0.15, -0.1) is 0 Å². The standard InChI is InChI=1S/C20H24O3Si/c1-13-11-12-16-17(18(13)23-24(5,6)20(2,3)4)14-9-7-8-10-15(14)19(21)22-16/h7-12H,1-6H3. The molecule has 0 amide bonds. The molecule has 3 nitrogen and oxygen atoms in total. The molecule has 4 heteroatoms. The normalized spacial score (nSPS) is 12.8. The summed E-state index contributed by atoms with van der Waals surface area (Å²) in [5, 5.41) is 2.47. The van der Waals surface area contributed by atoms with E-state index in [0.717, 1.165) is 22.1 Å². The zero-order valence-corrected chi connectivity index (χ0v) is 16.2. The third-order valence-electron chi connectivity index (χ3n) is 5.10. The Morgan fingerprint density at radius 3 is 2.25 bits per heavy atom. The Bertz CT molecular complexity index is 978. The van der Waals surface area contributed by atoms with Crippen molar-refractivity contribution in [2.45, 2.75) is 45.8 Å². The van der Waals surface area contributed by atoms with Gasteiger partial charge < -0.3 is 8.84 Å². The molecule has 0 spiro atoms. The average molecular weight is 340 g/mol. The van der Waals surface area contributed by atoms with Crippen molar-refractivity contribution in [2.75, 3.05) is 0 Å². The Labute approximate surface area is 143 Å². The van der Waals surface area contributed by atoms with Crippen LogP contribution in [0.25, 0.3) is 21.7 Å². The lowest BCUT2D eigenvalue weighted by molar-refractivity contribution is 0.492. The molecule has 3 aromatic rings. The van der Waals surface area contributed by atoms with Crippen LogP contribution in [0.4, 0.5) is 0 Å². The lowest BCUT2D eigenvalue weighted by atomic mass is 10.0. The first-order chi connectivity index (χ1) is 11.1. The van der Waals surface area contributed by atoms with Crippen molar-refractivity contribution in [3.63, 3.8) is 0 Å². The summed E-state index contributed by atoms with van der Waals surface area (Å²) in [6, 6.07) is 11.4. The fraction of sp³-hybridized carbons (Fsp3) is 0.350. The van der Waals surface area contributed by atoms with E-state index in [1.807, 2.05) is 37.3 Å². The Morgan fingerprint density at radius 2 is 1.62 bits per heavy atom. The predicted octanol–water partition coefficient (Wildman–Crippen LogP) is 5.64. The van der Waals surface area contributed by atoms with Crippen molar-refractivity contribution in [3.8, 4) is 5.75 Å². The van der Waals surface area contributed by atoms with Gasteiger partial charge in [0.1, 0.15) is 11.3 Å². The second-order valence-corrected chi connectivity index (χ2v) is 12.6. The van der Waals surface area contributed by atoms with E-state index in [-0.39, 0.29) is 10.7 Å². The molecule has 0 N–H and O–H groups in total. The topological polar surface area (TPSA) is 39.4 Å². The van der Waals surface area contributed by atoms with Gasteiger partial charge in [-0.05, 0) is 42.8 Å². The zero-order valence-electron chi connectivity index (χ0n) is 15.2. The molecule has 1 aromatic heterocycles. The van der Waals surface area contributed by atoms with Crippen LogP contribution in [0.15, 0.2) is 45.6 Å². The number of hydrogen-bond donors (Lipinski definition) is 0. The van der Waals surface area contributed by atoms with Gasteiger partial charge >= 0.3 is 5.63 Å². The third-order valence-corrected chi connectivity index (χ3v) is 9.43. The second-order valence-electron chi connectivity index (χ2n) is 7.88.